The first-order valence-corrected chi connectivity index (χ1v) is 9.62. The van der Waals surface area contributed by atoms with Crippen molar-refractivity contribution in [1.82, 2.24) is 5.32 Å². The van der Waals surface area contributed by atoms with Gasteiger partial charge in [-0.25, -0.2) is 4.79 Å². The molecule has 2 aromatic rings. The normalized spacial score (nSPS) is 14.3. The maximum atomic E-state index is 12.2. The minimum atomic E-state index is -0.239. The standard InChI is InChI=1S/C22H27N3O2/c1-3-4-16-5-11-20(12-6-16)25-22(27)23-15(2)17-9-13-19(14-10-17)24-21(26)18-7-8-18/h5-6,9-15,18H,3-4,7-8H2,1-2H3,(H,24,26)(H2,23,25,27). The molecule has 3 rings (SSSR count). The van der Waals surface area contributed by atoms with Crippen molar-refractivity contribution in [3.63, 3.8) is 0 Å². The van der Waals surface area contributed by atoms with Crippen molar-refractivity contribution < 1.29 is 9.59 Å². The summed E-state index contributed by atoms with van der Waals surface area (Å²) in [4.78, 5) is 24.0. The molecular weight excluding hydrogens is 338 g/mol. The van der Waals surface area contributed by atoms with E-state index in [1.165, 1.54) is 5.56 Å². The molecule has 1 fully saturated rings. The van der Waals surface area contributed by atoms with Crippen molar-refractivity contribution in [3.8, 4) is 0 Å². The summed E-state index contributed by atoms with van der Waals surface area (Å²) in [6, 6.07) is 15.1. The summed E-state index contributed by atoms with van der Waals surface area (Å²) in [5.74, 6) is 0.281. The number of anilines is 2. The number of rotatable bonds is 7. The van der Waals surface area contributed by atoms with Crippen LogP contribution >= 0.6 is 0 Å². The van der Waals surface area contributed by atoms with Crippen LogP contribution in [0, 0.1) is 5.92 Å². The molecule has 2 aromatic carbocycles. The smallest absolute Gasteiger partial charge is 0.319 e. The van der Waals surface area contributed by atoms with Gasteiger partial charge in [0.05, 0.1) is 6.04 Å². The number of carbonyl (C=O) groups excluding carboxylic acids is 2. The number of amides is 3. The molecule has 1 atom stereocenters. The molecule has 0 radical (unpaired) electrons. The highest BCUT2D eigenvalue weighted by Crippen LogP contribution is 2.30. The largest absolute Gasteiger partial charge is 0.331 e. The van der Waals surface area contributed by atoms with Crippen LogP contribution in [0.2, 0.25) is 0 Å². The second-order valence-corrected chi connectivity index (χ2v) is 7.15. The summed E-state index contributed by atoms with van der Waals surface area (Å²) in [5.41, 5.74) is 3.82. The predicted molar refractivity (Wildman–Crippen MR) is 109 cm³/mol. The third-order valence-corrected chi connectivity index (χ3v) is 4.72. The third-order valence-electron chi connectivity index (χ3n) is 4.72. The maximum Gasteiger partial charge on any atom is 0.319 e. The fourth-order valence-electron chi connectivity index (χ4n) is 2.94. The molecule has 1 aliphatic carbocycles. The molecule has 3 amide bonds. The monoisotopic (exact) mass is 365 g/mol. The molecule has 0 bridgehead atoms. The van der Waals surface area contributed by atoms with Crippen LogP contribution in [0.15, 0.2) is 48.5 Å². The van der Waals surface area contributed by atoms with E-state index in [4.69, 9.17) is 0 Å². The van der Waals surface area contributed by atoms with E-state index in [0.29, 0.717) is 0 Å². The van der Waals surface area contributed by atoms with Crippen molar-refractivity contribution >= 4 is 23.3 Å². The Morgan fingerprint density at radius 1 is 0.963 bits per heavy atom. The Morgan fingerprint density at radius 3 is 2.15 bits per heavy atom. The first-order chi connectivity index (χ1) is 13.0. The molecule has 27 heavy (non-hydrogen) atoms. The predicted octanol–water partition coefficient (Wildman–Crippen LogP) is 4.87. The van der Waals surface area contributed by atoms with Crippen molar-refractivity contribution in [3.05, 3.63) is 59.7 Å². The quantitative estimate of drug-likeness (QED) is 0.655. The van der Waals surface area contributed by atoms with Crippen molar-refractivity contribution in [2.24, 2.45) is 5.92 Å². The van der Waals surface area contributed by atoms with Gasteiger partial charge >= 0.3 is 6.03 Å². The zero-order valence-electron chi connectivity index (χ0n) is 15.9. The second-order valence-electron chi connectivity index (χ2n) is 7.15. The van der Waals surface area contributed by atoms with Crippen LogP contribution in [-0.2, 0) is 11.2 Å². The van der Waals surface area contributed by atoms with Crippen LogP contribution in [0.5, 0.6) is 0 Å². The van der Waals surface area contributed by atoms with E-state index in [-0.39, 0.29) is 23.9 Å². The van der Waals surface area contributed by atoms with E-state index in [1.807, 2.05) is 55.5 Å². The molecule has 1 aliphatic rings. The first kappa shape index (κ1) is 19.0. The summed E-state index contributed by atoms with van der Waals surface area (Å²) in [5, 5.41) is 8.72. The number of hydrogen-bond acceptors (Lipinski definition) is 2. The number of urea groups is 1. The average molecular weight is 365 g/mol. The van der Waals surface area contributed by atoms with Gasteiger partial charge in [0.15, 0.2) is 0 Å². The first-order valence-electron chi connectivity index (χ1n) is 9.62. The maximum absolute atomic E-state index is 12.2. The van der Waals surface area contributed by atoms with Gasteiger partial charge in [-0.2, -0.15) is 0 Å². The van der Waals surface area contributed by atoms with E-state index >= 15 is 0 Å². The van der Waals surface area contributed by atoms with Gasteiger partial charge in [0.2, 0.25) is 5.91 Å². The Bertz CT molecular complexity index is 780. The number of carbonyl (C=O) groups is 2. The van der Waals surface area contributed by atoms with Crippen LogP contribution < -0.4 is 16.0 Å². The molecule has 0 aromatic heterocycles. The Labute approximate surface area is 160 Å². The van der Waals surface area contributed by atoms with Crippen LogP contribution in [0.25, 0.3) is 0 Å². The Kier molecular flexibility index (Phi) is 6.12. The lowest BCUT2D eigenvalue weighted by Crippen LogP contribution is -2.31. The lowest BCUT2D eigenvalue weighted by molar-refractivity contribution is -0.117. The SMILES string of the molecule is CCCc1ccc(NC(=O)NC(C)c2ccc(NC(=O)C3CC3)cc2)cc1. The van der Waals surface area contributed by atoms with E-state index in [1.54, 1.807) is 0 Å². The fraction of sp³-hybridized carbons (Fsp3) is 0.364. The molecule has 0 aliphatic heterocycles. The fourth-order valence-corrected chi connectivity index (χ4v) is 2.94. The summed E-state index contributed by atoms with van der Waals surface area (Å²) in [6.07, 6.45) is 4.12. The van der Waals surface area contributed by atoms with Gasteiger partial charge < -0.3 is 16.0 Å². The lowest BCUT2D eigenvalue weighted by Gasteiger charge is -2.16. The zero-order chi connectivity index (χ0) is 19.2. The highest BCUT2D eigenvalue weighted by molar-refractivity contribution is 5.94. The van der Waals surface area contributed by atoms with Crippen LogP contribution in [-0.4, -0.2) is 11.9 Å². The number of benzene rings is 2. The van der Waals surface area contributed by atoms with Crippen molar-refractivity contribution in [2.75, 3.05) is 10.6 Å². The summed E-state index contributed by atoms with van der Waals surface area (Å²) < 4.78 is 0. The van der Waals surface area contributed by atoms with E-state index in [9.17, 15) is 9.59 Å². The summed E-state index contributed by atoms with van der Waals surface area (Å²) in [6.45, 7) is 4.08. The topological polar surface area (TPSA) is 70.2 Å². The Hall–Kier alpha value is -2.82. The molecule has 5 heteroatoms. The third kappa shape index (κ3) is 5.58. The highest BCUT2D eigenvalue weighted by atomic mass is 16.2. The van der Waals surface area contributed by atoms with Gasteiger partial charge in [-0.15, -0.1) is 0 Å². The van der Waals surface area contributed by atoms with Gasteiger partial charge in [0, 0.05) is 17.3 Å². The molecule has 5 nitrogen and oxygen atoms in total. The molecule has 142 valence electrons. The van der Waals surface area contributed by atoms with Crippen LogP contribution in [0.3, 0.4) is 0 Å². The van der Waals surface area contributed by atoms with Gasteiger partial charge in [-0.1, -0.05) is 37.6 Å². The second kappa shape index (κ2) is 8.71. The summed E-state index contributed by atoms with van der Waals surface area (Å²) in [7, 11) is 0. The molecule has 1 unspecified atom stereocenters. The molecule has 1 saturated carbocycles. The van der Waals surface area contributed by atoms with E-state index < -0.39 is 0 Å². The summed E-state index contributed by atoms with van der Waals surface area (Å²) >= 11 is 0. The minimum Gasteiger partial charge on any atom is -0.331 e. The highest BCUT2D eigenvalue weighted by Gasteiger charge is 2.29. The molecule has 3 N–H and O–H groups in total. The lowest BCUT2D eigenvalue weighted by atomic mass is 10.1. The van der Waals surface area contributed by atoms with Gasteiger partial charge in [-0.3, -0.25) is 4.79 Å². The number of aryl methyl sites for hydroxylation is 1. The van der Waals surface area contributed by atoms with Gasteiger partial charge in [0.25, 0.3) is 0 Å². The van der Waals surface area contributed by atoms with E-state index in [0.717, 1.165) is 42.6 Å². The molecule has 0 heterocycles. The number of nitrogens with one attached hydrogen (secondary N) is 3. The van der Waals surface area contributed by atoms with Crippen LogP contribution in [0.4, 0.5) is 16.2 Å². The molecule has 0 saturated heterocycles. The van der Waals surface area contributed by atoms with Crippen molar-refractivity contribution in [1.29, 1.82) is 0 Å². The Morgan fingerprint density at radius 2 is 1.56 bits per heavy atom. The van der Waals surface area contributed by atoms with Crippen molar-refractivity contribution in [2.45, 2.75) is 45.6 Å². The zero-order valence-corrected chi connectivity index (χ0v) is 15.9. The molecule has 0 spiro atoms. The van der Waals surface area contributed by atoms with Gasteiger partial charge in [0.1, 0.15) is 0 Å². The average Bonchev–Trinajstić information content (AvgIpc) is 3.49. The van der Waals surface area contributed by atoms with Crippen LogP contribution in [0.1, 0.15) is 50.3 Å². The number of hydrogen-bond donors (Lipinski definition) is 3. The molecular formula is C22H27N3O2. The van der Waals surface area contributed by atoms with E-state index in [2.05, 4.69) is 22.9 Å². The van der Waals surface area contributed by atoms with Gasteiger partial charge in [-0.05, 0) is 61.6 Å². The Balaban J connectivity index is 1.50. The minimum absolute atomic E-state index is 0.0956.